The van der Waals surface area contributed by atoms with E-state index in [1.807, 2.05) is 14.0 Å². The van der Waals surface area contributed by atoms with Crippen LogP contribution in [0.5, 0.6) is 5.88 Å². The van der Waals surface area contributed by atoms with Crippen LogP contribution in [0.25, 0.3) is 0 Å². The normalized spacial score (nSPS) is 16.8. The van der Waals surface area contributed by atoms with E-state index in [2.05, 4.69) is 21.9 Å². The number of likely N-dealkylation sites (tertiary alicyclic amines) is 1. The first-order valence-corrected chi connectivity index (χ1v) is 7.14. The van der Waals surface area contributed by atoms with Crippen LogP contribution in [0, 0.1) is 12.8 Å². The molecule has 120 valence electrons. The number of ether oxygens (including phenoxy) is 1. The second-order valence-corrected chi connectivity index (χ2v) is 5.54. The molecule has 0 saturated carbocycles. The van der Waals surface area contributed by atoms with Gasteiger partial charge in [0, 0.05) is 20.1 Å². The van der Waals surface area contributed by atoms with Crippen molar-refractivity contribution in [2.75, 3.05) is 20.2 Å². The number of guanidine groups is 1. The van der Waals surface area contributed by atoms with E-state index in [9.17, 15) is 0 Å². The number of piperidine rings is 1. The van der Waals surface area contributed by atoms with Gasteiger partial charge in [0.2, 0.25) is 5.88 Å². The van der Waals surface area contributed by atoms with Crippen molar-refractivity contribution < 1.29 is 4.74 Å². The third-order valence-electron chi connectivity index (χ3n) is 3.99. The van der Waals surface area contributed by atoms with Crippen LogP contribution in [0.1, 0.15) is 31.0 Å². The van der Waals surface area contributed by atoms with Gasteiger partial charge >= 0.3 is 0 Å². The van der Waals surface area contributed by atoms with E-state index in [4.69, 9.17) is 10.5 Å². The molecule has 1 aromatic heterocycles. The summed E-state index contributed by atoms with van der Waals surface area (Å²) in [4.78, 5) is 6.68. The monoisotopic (exact) mass is 407 g/mol. The predicted molar refractivity (Wildman–Crippen MR) is 95.2 cm³/mol. The molecule has 1 aromatic rings. The SMILES string of the molecule is COc1c(CN=C(N)N2CCC(C)CC2)c(C)nn1C.I. The molecule has 2 rings (SSSR count). The van der Waals surface area contributed by atoms with Crippen molar-refractivity contribution >= 4 is 29.9 Å². The summed E-state index contributed by atoms with van der Waals surface area (Å²) in [7, 11) is 3.52. The number of aromatic nitrogens is 2. The fraction of sp³-hybridized carbons (Fsp3) is 0.714. The second-order valence-electron chi connectivity index (χ2n) is 5.54. The molecule has 1 fully saturated rings. The standard InChI is InChI=1S/C14H25N5O.HI/c1-10-5-7-19(8-6-10)14(15)16-9-12-11(2)17-18(3)13(12)20-4;/h10H,5-9H2,1-4H3,(H2,15,16);1H. The summed E-state index contributed by atoms with van der Waals surface area (Å²) in [5.74, 6) is 2.17. The molecule has 2 heterocycles. The maximum absolute atomic E-state index is 6.10. The number of hydrogen-bond acceptors (Lipinski definition) is 3. The molecular weight excluding hydrogens is 381 g/mol. The molecule has 0 spiro atoms. The molecule has 6 nitrogen and oxygen atoms in total. The lowest BCUT2D eigenvalue weighted by Crippen LogP contribution is -2.42. The van der Waals surface area contributed by atoms with E-state index < -0.39 is 0 Å². The summed E-state index contributed by atoms with van der Waals surface area (Å²) < 4.78 is 7.10. The largest absolute Gasteiger partial charge is 0.481 e. The average molecular weight is 407 g/mol. The minimum atomic E-state index is 0. The van der Waals surface area contributed by atoms with Gasteiger partial charge in [-0.2, -0.15) is 5.10 Å². The Morgan fingerprint density at radius 1 is 1.43 bits per heavy atom. The highest BCUT2D eigenvalue weighted by Gasteiger charge is 2.18. The van der Waals surface area contributed by atoms with Crippen LogP contribution < -0.4 is 10.5 Å². The lowest BCUT2D eigenvalue weighted by Gasteiger charge is -2.31. The molecule has 0 unspecified atom stereocenters. The minimum absolute atomic E-state index is 0. The van der Waals surface area contributed by atoms with Gasteiger partial charge in [-0.1, -0.05) is 6.92 Å². The number of methoxy groups -OCH3 is 1. The van der Waals surface area contributed by atoms with Crippen LogP contribution in [0.4, 0.5) is 0 Å². The first-order chi connectivity index (χ1) is 9.52. The van der Waals surface area contributed by atoms with Crippen molar-refractivity contribution in [3.05, 3.63) is 11.3 Å². The Balaban J connectivity index is 0.00000220. The Hall–Kier alpha value is -0.990. The molecule has 0 bridgehead atoms. The summed E-state index contributed by atoms with van der Waals surface area (Å²) >= 11 is 0. The quantitative estimate of drug-likeness (QED) is 0.472. The molecule has 0 aromatic carbocycles. The van der Waals surface area contributed by atoms with E-state index in [0.29, 0.717) is 12.5 Å². The lowest BCUT2D eigenvalue weighted by atomic mass is 10.00. The summed E-state index contributed by atoms with van der Waals surface area (Å²) in [6.07, 6.45) is 2.37. The van der Waals surface area contributed by atoms with Gasteiger partial charge in [0.1, 0.15) is 0 Å². The Morgan fingerprint density at radius 3 is 2.62 bits per heavy atom. The van der Waals surface area contributed by atoms with Crippen molar-refractivity contribution in [3.63, 3.8) is 0 Å². The number of halogens is 1. The molecule has 0 atom stereocenters. The van der Waals surface area contributed by atoms with E-state index >= 15 is 0 Å². The Kier molecular flexibility index (Phi) is 6.76. The van der Waals surface area contributed by atoms with Crippen LogP contribution in [-0.4, -0.2) is 40.8 Å². The van der Waals surface area contributed by atoms with Crippen LogP contribution in [0.15, 0.2) is 4.99 Å². The van der Waals surface area contributed by atoms with Gasteiger partial charge in [0.05, 0.1) is 24.9 Å². The molecular formula is C14H26IN5O. The molecule has 7 heteroatoms. The lowest BCUT2D eigenvalue weighted by molar-refractivity contribution is 0.277. The van der Waals surface area contributed by atoms with Crippen LogP contribution in [0.2, 0.25) is 0 Å². The summed E-state index contributed by atoms with van der Waals surface area (Å²) in [6.45, 7) is 6.76. The number of hydrogen-bond donors (Lipinski definition) is 1. The van der Waals surface area contributed by atoms with Gasteiger partial charge in [-0.15, -0.1) is 24.0 Å². The first-order valence-electron chi connectivity index (χ1n) is 7.14. The molecule has 0 aliphatic carbocycles. The highest BCUT2D eigenvalue weighted by Crippen LogP contribution is 2.22. The van der Waals surface area contributed by atoms with Gasteiger partial charge in [0.15, 0.2) is 5.96 Å². The highest BCUT2D eigenvalue weighted by atomic mass is 127. The predicted octanol–water partition coefficient (Wildman–Crippen LogP) is 1.90. The Labute approximate surface area is 143 Å². The number of nitrogens with two attached hydrogens (primary N) is 1. The zero-order chi connectivity index (χ0) is 14.7. The zero-order valence-corrected chi connectivity index (χ0v) is 15.6. The van der Waals surface area contributed by atoms with Gasteiger partial charge in [-0.05, 0) is 25.7 Å². The highest BCUT2D eigenvalue weighted by molar-refractivity contribution is 14.0. The molecule has 0 amide bonds. The topological polar surface area (TPSA) is 68.7 Å². The number of rotatable bonds is 3. The van der Waals surface area contributed by atoms with E-state index in [1.54, 1.807) is 11.8 Å². The summed E-state index contributed by atoms with van der Waals surface area (Å²) in [5.41, 5.74) is 8.04. The molecule has 0 radical (unpaired) electrons. The van der Waals surface area contributed by atoms with Crippen molar-refractivity contribution in [2.24, 2.45) is 23.7 Å². The molecule has 1 aliphatic heterocycles. The number of aliphatic imine (C=N–C) groups is 1. The van der Waals surface area contributed by atoms with Gasteiger partial charge < -0.3 is 15.4 Å². The molecule has 1 saturated heterocycles. The molecule has 2 N–H and O–H groups in total. The van der Waals surface area contributed by atoms with Crippen LogP contribution in [0.3, 0.4) is 0 Å². The van der Waals surface area contributed by atoms with Crippen LogP contribution >= 0.6 is 24.0 Å². The van der Waals surface area contributed by atoms with Crippen molar-refractivity contribution in [2.45, 2.75) is 33.2 Å². The smallest absolute Gasteiger partial charge is 0.216 e. The van der Waals surface area contributed by atoms with E-state index in [1.165, 1.54) is 12.8 Å². The van der Waals surface area contributed by atoms with Crippen LogP contribution in [-0.2, 0) is 13.6 Å². The third-order valence-corrected chi connectivity index (χ3v) is 3.99. The number of nitrogens with zero attached hydrogens (tertiary/aromatic N) is 4. The van der Waals surface area contributed by atoms with E-state index in [-0.39, 0.29) is 24.0 Å². The fourth-order valence-electron chi connectivity index (χ4n) is 2.62. The van der Waals surface area contributed by atoms with Gasteiger partial charge in [0.25, 0.3) is 0 Å². The average Bonchev–Trinajstić information content (AvgIpc) is 2.70. The maximum Gasteiger partial charge on any atom is 0.216 e. The first kappa shape index (κ1) is 18.1. The Bertz CT molecular complexity index is 492. The second kappa shape index (κ2) is 7.86. The maximum atomic E-state index is 6.10. The van der Waals surface area contributed by atoms with E-state index in [0.717, 1.165) is 36.1 Å². The zero-order valence-electron chi connectivity index (χ0n) is 13.3. The minimum Gasteiger partial charge on any atom is -0.481 e. The van der Waals surface area contributed by atoms with Crippen molar-refractivity contribution in [3.8, 4) is 5.88 Å². The van der Waals surface area contributed by atoms with Gasteiger partial charge in [-0.3, -0.25) is 0 Å². The molecule has 21 heavy (non-hydrogen) atoms. The third kappa shape index (κ3) is 4.24. The summed E-state index contributed by atoms with van der Waals surface area (Å²) in [5, 5.41) is 4.35. The van der Waals surface area contributed by atoms with Gasteiger partial charge in [-0.25, -0.2) is 9.67 Å². The van der Waals surface area contributed by atoms with Crippen molar-refractivity contribution in [1.82, 2.24) is 14.7 Å². The Morgan fingerprint density at radius 2 is 2.05 bits per heavy atom. The fourth-order valence-corrected chi connectivity index (χ4v) is 2.62. The number of aryl methyl sites for hydroxylation is 2. The summed E-state index contributed by atoms with van der Waals surface area (Å²) in [6, 6.07) is 0. The molecule has 1 aliphatic rings. The van der Waals surface area contributed by atoms with Crippen molar-refractivity contribution in [1.29, 1.82) is 0 Å².